The van der Waals surface area contributed by atoms with Gasteiger partial charge >= 0.3 is 6.09 Å². The molecule has 2 N–H and O–H groups in total. The van der Waals surface area contributed by atoms with Crippen LogP contribution in [0.2, 0.25) is 0 Å². The molecule has 0 bridgehead atoms. The van der Waals surface area contributed by atoms with Gasteiger partial charge in [-0.3, -0.25) is 9.69 Å². The van der Waals surface area contributed by atoms with Crippen molar-refractivity contribution >= 4 is 23.4 Å². The van der Waals surface area contributed by atoms with E-state index < -0.39 is 5.60 Å². The van der Waals surface area contributed by atoms with E-state index in [0.29, 0.717) is 24.7 Å². The van der Waals surface area contributed by atoms with E-state index in [-0.39, 0.29) is 17.9 Å². The predicted molar refractivity (Wildman–Crippen MR) is 155 cm³/mol. The molecule has 2 heterocycles. The summed E-state index contributed by atoms with van der Waals surface area (Å²) in [5.41, 5.74) is 1.61. The van der Waals surface area contributed by atoms with Gasteiger partial charge in [0, 0.05) is 37.8 Å². The van der Waals surface area contributed by atoms with Gasteiger partial charge in [-0.05, 0) is 78.4 Å². The summed E-state index contributed by atoms with van der Waals surface area (Å²) < 4.78 is 5.53. The zero-order chi connectivity index (χ0) is 27.2. The van der Waals surface area contributed by atoms with E-state index in [4.69, 9.17) is 4.74 Å². The standard InChI is InChI=1S/C31H50N4O3/c1-30(2,3)38-29(37)34-20-12-13-24(23-34)28(36)33-27-15-9-8-14-26(27)32-25-16-21-35(22-17-25)31(4)18-10-6-5-7-11-19-31/h8-9,14-15,24-25,32H,5-7,10-13,16-23H2,1-4H3,(H,33,36)/t24-/m0/s1. The van der Waals surface area contributed by atoms with Crippen LogP contribution in [0.4, 0.5) is 16.2 Å². The number of nitrogens with one attached hydrogen (secondary N) is 2. The molecule has 3 fully saturated rings. The fourth-order valence-electron chi connectivity index (χ4n) is 6.40. The van der Waals surface area contributed by atoms with E-state index in [1.54, 1.807) is 4.90 Å². The Bertz CT molecular complexity index is 927. The number of amides is 2. The summed E-state index contributed by atoms with van der Waals surface area (Å²) in [5, 5.41) is 6.91. The molecule has 7 nitrogen and oxygen atoms in total. The van der Waals surface area contributed by atoms with E-state index in [9.17, 15) is 9.59 Å². The van der Waals surface area contributed by atoms with Gasteiger partial charge in [0.1, 0.15) is 5.60 Å². The maximum absolute atomic E-state index is 13.2. The number of hydrogen-bond donors (Lipinski definition) is 2. The largest absolute Gasteiger partial charge is 0.444 e. The van der Waals surface area contributed by atoms with Gasteiger partial charge in [0.25, 0.3) is 0 Å². The first-order valence-electron chi connectivity index (χ1n) is 15.0. The summed E-state index contributed by atoms with van der Waals surface area (Å²) in [7, 11) is 0. The number of nitrogens with zero attached hydrogens (tertiary/aromatic N) is 2. The molecule has 1 aromatic rings. The molecule has 4 rings (SSSR count). The number of rotatable bonds is 5. The van der Waals surface area contributed by atoms with E-state index in [0.717, 1.165) is 50.1 Å². The minimum Gasteiger partial charge on any atom is -0.444 e. The number of carbonyl (C=O) groups excluding carboxylic acids is 2. The van der Waals surface area contributed by atoms with Gasteiger partial charge in [0.15, 0.2) is 0 Å². The van der Waals surface area contributed by atoms with Crippen molar-refractivity contribution in [2.24, 2.45) is 5.92 Å². The van der Waals surface area contributed by atoms with Crippen LogP contribution in [-0.4, -0.2) is 65.2 Å². The van der Waals surface area contributed by atoms with E-state index in [1.165, 1.54) is 44.9 Å². The van der Waals surface area contributed by atoms with Gasteiger partial charge < -0.3 is 20.3 Å². The maximum Gasteiger partial charge on any atom is 0.410 e. The van der Waals surface area contributed by atoms with Gasteiger partial charge in [-0.25, -0.2) is 4.79 Å². The van der Waals surface area contributed by atoms with Crippen LogP contribution in [0, 0.1) is 5.92 Å². The second-order valence-corrected chi connectivity index (χ2v) is 13.0. The van der Waals surface area contributed by atoms with Crippen LogP contribution in [0.3, 0.4) is 0 Å². The predicted octanol–water partition coefficient (Wildman–Crippen LogP) is 6.65. The Kier molecular flexibility index (Phi) is 9.61. The van der Waals surface area contributed by atoms with Crippen molar-refractivity contribution < 1.29 is 14.3 Å². The van der Waals surface area contributed by atoms with Crippen LogP contribution in [0.1, 0.15) is 98.3 Å². The van der Waals surface area contributed by atoms with Gasteiger partial charge in [-0.15, -0.1) is 0 Å². The van der Waals surface area contributed by atoms with E-state index in [1.807, 2.05) is 39.0 Å². The van der Waals surface area contributed by atoms with Crippen molar-refractivity contribution in [3.05, 3.63) is 24.3 Å². The number of carbonyl (C=O) groups is 2. The Morgan fingerprint density at radius 1 is 0.895 bits per heavy atom. The van der Waals surface area contributed by atoms with Gasteiger partial charge in [0.05, 0.1) is 17.3 Å². The number of hydrogen-bond acceptors (Lipinski definition) is 5. The molecule has 1 atom stereocenters. The van der Waals surface area contributed by atoms with Crippen LogP contribution in [0.5, 0.6) is 0 Å². The van der Waals surface area contributed by atoms with Crippen molar-refractivity contribution in [1.82, 2.24) is 9.80 Å². The third-order valence-corrected chi connectivity index (χ3v) is 8.68. The molecule has 2 saturated heterocycles. The minimum atomic E-state index is -0.542. The number of benzene rings is 1. The summed E-state index contributed by atoms with van der Waals surface area (Å²) in [6, 6.07) is 8.42. The van der Waals surface area contributed by atoms with Crippen molar-refractivity contribution in [2.45, 2.75) is 116 Å². The molecule has 1 aromatic carbocycles. The highest BCUT2D eigenvalue weighted by Gasteiger charge is 2.35. The van der Waals surface area contributed by atoms with Crippen LogP contribution >= 0.6 is 0 Å². The Hall–Kier alpha value is -2.28. The average Bonchev–Trinajstić information content (AvgIpc) is 2.87. The smallest absolute Gasteiger partial charge is 0.410 e. The molecule has 212 valence electrons. The third-order valence-electron chi connectivity index (χ3n) is 8.68. The Morgan fingerprint density at radius 3 is 2.18 bits per heavy atom. The fraction of sp³-hybridized carbons (Fsp3) is 0.742. The highest BCUT2D eigenvalue weighted by Crippen LogP contribution is 2.34. The van der Waals surface area contributed by atoms with E-state index >= 15 is 0 Å². The molecule has 0 spiro atoms. The third kappa shape index (κ3) is 7.87. The summed E-state index contributed by atoms with van der Waals surface area (Å²) in [5.74, 6) is -0.267. The second-order valence-electron chi connectivity index (χ2n) is 13.0. The molecule has 2 aliphatic heterocycles. The number of ether oxygens (including phenoxy) is 1. The fourth-order valence-corrected chi connectivity index (χ4v) is 6.40. The molecule has 1 saturated carbocycles. The Labute approximate surface area is 230 Å². The van der Waals surface area contributed by atoms with Crippen molar-refractivity contribution in [1.29, 1.82) is 0 Å². The van der Waals surface area contributed by atoms with Crippen molar-refractivity contribution in [2.75, 3.05) is 36.8 Å². The molecule has 0 unspecified atom stereocenters. The SMILES string of the molecule is CC(C)(C)OC(=O)N1CCC[C@H](C(=O)Nc2ccccc2NC2CCN(C3(C)CCCCCCC3)CC2)C1. The van der Waals surface area contributed by atoms with Gasteiger partial charge in [-0.1, -0.05) is 44.2 Å². The summed E-state index contributed by atoms with van der Waals surface area (Å²) in [6.45, 7) is 11.4. The lowest BCUT2D eigenvalue weighted by Gasteiger charge is -2.46. The highest BCUT2D eigenvalue weighted by molar-refractivity contribution is 5.96. The van der Waals surface area contributed by atoms with Crippen LogP contribution in [0.15, 0.2) is 24.3 Å². The Morgan fingerprint density at radius 2 is 1.53 bits per heavy atom. The molecule has 1 aliphatic carbocycles. The first-order chi connectivity index (χ1) is 18.1. The lowest BCUT2D eigenvalue weighted by molar-refractivity contribution is -0.121. The number of para-hydroxylation sites is 2. The summed E-state index contributed by atoms with van der Waals surface area (Å²) in [4.78, 5) is 30.2. The van der Waals surface area contributed by atoms with Crippen molar-refractivity contribution in [3.8, 4) is 0 Å². The number of anilines is 2. The number of piperidine rings is 2. The van der Waals surface area contributed by atoms with Gasteiger partial charge in [-0.2, -0.15) is 0 Å². The molecular formula is C31H50N4O3. The topological polar surface area (TPSA) is 73.9 Å². The second kappa shape index (κ2) is 12.7. The molecule has 3 aliphatic rings. The van der Waals surface area contributed by atoms with Gasteiger partial charge in [0.2, 0.25) is 5.91 Å². The first kappa shape index (κ1) is 28.7. The molecular weight excluding hydrogens is 476 g/mol. The average molecular weight is 527 g/mol. The number of likely N-dealkylation sites (tertiary alicyclic amines) is 2. The zero-order valence-electron chi connectivity index (χ0n) is 24.2. The minimum absolute atomic E-state index is 0.0282. The monoisotopic (exact) mass is 526 g/mol. The highest BCUT2D eigenvalue weighted by atomic mass is 16.6. The van der Waals surface area contributed by atoms with Crippen LogP contribution in [-0.2, 0) is 9.53 Å². The summed E-state index contributed by atoms with van der Waals surface area (Å²) in [6.07, 6.45) is 13.0. The van der Waals surface area contributed by atoms with E-state index in [2.05, 4.69) is 28.5 Å². The first-order valence-corrected chi connectivity index (χ1v) is 15.0. The Balaban J connectivity index is 1.31. The lowest BCUT2D eigenvalue weighted by Crippen LogP contribution is -2.52. The molecule has 38 heavy (non-hydrogen) atoms. The quantitative estimate of drug-likeness (QED) is 0.449. The molecule has 0 aromatic heterocycles. The molecule has 7 heteroatoms. The zero-order valence-corrected chi connectivity index (χ0v) is 24.2. The van der Waals surface area contributed by atoms with Crippen LogP contribution in [0.25, 0.3) is 0 Å². The lowest BCUT2D eigenvalue weighted by atomic mass is 9.82. The van der Waals surface area contributed by atoms with Crippen LogP contribution < -0.4 is 10.6 Å². The summed E-state index contributed by atoms with van der Waals surface area (Å²) >= 11 is 0. The van der Waals surface area contributed by atoms with Crippen molar-refractivity contribution in [3.63, 3.8) is 0 Å². The normalized spacial score (nSPS) is 23.7. The maximum atomic E-state index is 13.2. The molecule has 2 amide bonds. The molecule has 0 radical (unpaired) electrons.